The molecule has 1 aromatic rings. The number of carbonyl (C=O) groups excluding carboxylic acids is 1. The zero-order valence-electron chi connectivity index (χ0n) is 10.6. The van der Waals surface area contributed by atoms with Crippen molar-refractivity contribution >= 4 is 23.2 Å². The van der Waals surface area contributed by atoms with Gasteiger partial charge >= 0.3 is 5.97 Å². The summed E-state index contributed by atoms with van der Waals surface area (Å²) >= 11 is 1.51. The second kappa shape index (κ2) is 7.10. The zero-order chi connectivity index (χ0) is 13.5. The first-order chi connectivity index (χ1) is 8.54. The second-order valence-electron chi connectivity index (χ2n) is 4.10. The van der Waals surface area contributed by atoms with Gasteiger partial charge in [-0.25, -0.2) is 4.98 Å². The van der Waals surface area contributed by atoms with Gasteiger partial charge < -0.3 is 10.0 Å². The number of thiazole rings is 1. The van der Waals surface area contributed by atoms with Crippen LogP contribution in [-0.2, 0) is 16.0 Å². The second-order valence-corrected chi connectivity index (χ2v) is 5.08. The number of carboxylic acids is 1. The number of aryl methyl sites for hydroxylation is 1. The van der Waals surface area contributed by atoms with E-state index in [1.165, 1.54) is 16.2 Å². The van der Waals surface area contributed by atoms with E-state index in [1.807, 2.05) is 19.2 Å². The molecule has 0 aliphatic carbocycles. The number of amides is 1. The average Bonchev–Trinajstić information content (AvgIpc) is 2.85. The number of aliphatic carboxylic acids is 1. The SMILES string of the molecule is CCC(C)N(CC(=O)O)C(=O)CCc1nccs1. The maximum absolute atomic E-state index is 12.0. The quantitative estimate of drug-likeness (QED) is 0.820. The van der Waals surface area contributed by atoms with E-state index in [0.29, 0.717) is 12.8 Å². The van der Waals surface area contributed by atoms with E-state index in [-0.39, 0.29) is 18.5 Å². The molecule has 5 nitrogen and oxygen atoms in total. The van der Waals surface area contributed by atoms with Crippen molar-refractivity contribution in [2.75, 3.05) is 6.54 Å². The summed E-state index contributed by atoms with van der Waals surface area (Å²) in [6, 6.07) is -0.0510. The average molecular weight is 270 g/mol. The highest BCUT2D eigenvalue weighted by Crippen LogP contribution is 2.11. The summed E-state index contributed by atoms with van der Waals surface area (Å²) in [7, 11) is 0. The van der Waals surface area contributed by atoms with Crippen LogP contribution in [0.2, 0.25) is 0 Å². The van der Waals surface area contributed by atoms with Crippen molar-refractivity contribution in [1.82, 2.24) is 9.88 Å². The van der Waals surface area contributed by atoms with Crippen LogP contribution in [0.5, 0.6) is 0 Å². The lowest BCUT2D eigenvalue weighted by molar-refractivity contribution is -0.146. The predicted octanol–water partition coefficient (Wildman–Crippen LogP) is 1.79. The third-order valence-electron chi connectivity index (χ3n) is 2.79. The number of carboxylic acid groups (broad SMARTS) is 1. The van der Waals surface area contributed by atoms with Gasteiger partial charge in [0.1, 0.15) is 6.54 Å². The lowest BCUT2D eigenvalue weighted by Crippen LogP contribution is -2.41. The molecule has 0 fully saturated rings. The smallest absolute Gasteiger partial charge is 0.323 e. The molecule has 1 unspecified atom stereocenters. The third-order valence-corrected chi connectivity index (χ3v) is 3.62. The minimum Gasteiger partial charge on any atom is -0.480 e. The van der Waals surface area contributed by atoms with E-state index in [2.05, 4.69) is 4.98 Å². The number of hydrogen-bond donors (Lipinski definition) is 1. The maximum Gasteiger partial charge on any atom is 0.323 e. The van der Waals surface area contributed by atoms with Crippen molar-refractivity contribution in [1.29, 1.82) is 0 Å². The molecule has 6 heteroatoms. The maximum atomic E-state index is 12.0. The Morgan fingerprint density at radius 3 is 2.78 bits per heavy atom. The topological polar surface area (TPSA) is 70.5 Å². The van der Waals surface area contributed by atoms with Gasteiger partial charge in [0.15, 0.2) is 0 Å². The van der Waals surface area contributed by atoms with Crippen LogP contribution in [-0.4, -0.2) is 39.5 Å². The molecule has 1 N–H and O–H groups in total. The number of hydrogen-bond acceptors (Lipinski definition) is 4. The minimum absolute atomic E-state index is 0.0510. The van der Waals surface area contributed by atoms with E-state index in [4.69, 9.17) is 5.11 Å². The molecule has 100 valence electrons. The number of aromatic nitrogens is 1. The van der Waals surface area contributed by atoms with Crippen LogP contribution >= 0.6 is 11.3 Å². The van der Waals surface area contributed by atoms with Crippen LogP contribution in [0, 0.1) is 0 Å². The van der Waals surface area contributed by atoms with Crippen LogP contribution < -0.4 is 0 Å². The summed E-state index contributed by atoms with van der Waals surface area (Å²) in [5.41, 5.74) is 0. The van der Waals surface area contributed by atoms with Gasteiger partial charge in [-0.05, 0) is 13.3 Å². The van der Waals surface area contributed by atoms with Crippen LogP contribution in [0.25, 0.3) is 0 Å². The summed E-state index contributed by atoms with van der Waals surface area (Å²) in [6.45, 7) is 3.57. The Hall–Kier alpha value is -1.43. The molecule has 0 aliphatic heterocycles. The molecule has 1 aromatic heterocycles. The highest BCUT2D eigenvalue weighted by molar-refractivity contribution is 7.09. The van der Waals surface area contributed by atoms with E-state index in [9.17, 15) is 9.59 Å². The van der Waals surface area contributed by atoms with E-state index < -0.39 is 5.97 Å². The lowest BCUT2D eigenvalue weighted by atomic mass is 10.2. The van der Waals surface area contributed by atoms with Gasteiger partial charge in [0.05, 0.1) is 5.01 Å². The molecule has 1 atom stereocenters. The zero-order valence-corrected chi connectivity index (χ0v) is 11.4. The van der Waals surface area contributed by atoms with E-state index >= 15 is 0 Å². The fourth-order valence-corrected chi connectivity index (χ4v) is 2.21. The molecule has 1 amide bonds. The first-order valence-corrected chi connectivity index (χ1v) is 6.82. The van der Waals surface area contributed by atoms with Gasteiger partial charge in [0.2, 0.25) is 5.91 Å². The summed E-state index contributed by atoms with van der Waals surface area (Å²) < 4.78 is 0. The Balaban J connectivity index is 2.55. The summed E-state index contributed by atoms with van der Waals surface area (Å²) in [5, 5.41) is 11.6. The Bertz CT molecular complexity index is 392. The van der Waals surface area contributed by atoms with Crippen molar-refractivity contribution < 1.29 is 14.7 Å². The lowest BCUT2D eigenvalue weighted by Gasteiger charge is -2.26. The Labute approximate surface area is 110 Å². The normalized spacial score (nSPS) is 12.1. The molecule has 0 aliphatic rings. The molecular weight excluding hydrogens is 252 g/mol. The summed E-state index contributed by atoms with van der Waals surface area (Å²) in [4.78, 5) is 28.3. The highest BCUT2D eigenvalue weighted by Gasteiger charge is 2.21. The van der Waals surface area contributed by atoms with Gasteiger partial charge in [-0.15, -0.1) is 11.3 Å². The Morgan fingerprint density at radius 2 is 2.28 bits per heavy atom. The third kappa shape index (κ3) is 4.44. The summed E-state index contributed by atoms with van der Waals surface area (Å²) in [6.07, 6.45) is 3.33. The molecule has 0 saturated carbocycles. The monoisotopic (exact) mass is 270 g/mol. The molecule has 1 rings (SSSR count). The van der Waals surface area contributed by atoms with Gasteiger partial charge in [0.25, 0.3) is 0 Å². The molecule has 0 spiro atoms. The summed E-state index contributed by atoms with van der Waals surface area (Å²) in [5.74, 6) is -1.10. The van der Waals surface area contributed by atoms with Gasteiger partial charge in [-0.3, -0.25) is 9.59 Å². The van der Waals surface area contributed by atoms with Gasteiger partial charge in [0, 0.05) is 30.5 Å². The van der Waals surface area contributed by atoms with E-state index in [0.717, 1.165) is 11.4 Å². The van der Waals surface area contributed by atoms with Crippen molar-refractivity contribution in [2.24, 2.45) is 0 Å². The predicted molar refractivity (Wildman–Crippen MR) is 69.5 cm³/mol. The van der Waals surface area contributed by atoms with Gasteiger partial charge in [-0.2, -0.15) is 0 Å². The molecule has 1 heterocycles. The fourth-order valence-electron chi connectivity index (χ4n) is 1.59. The number of carbonyl (C=O) groups is 2. The fraction of sp³-hybridized carbons (Fsp3) is 0.583. The molecule has 0 aromatic carbocycles. The van der Waals surface area contributed by atoms with E-state index in [1.54, 1.807) is 6.20 Å². The van der Waals surface area contributed by atoms with Crippen molar-refractivity contribution in [3.8, 4) is 0 Å². The van der Waals surface area contributed by atoms with Gasteiger partial charge in [-0.1, -0.05) is 6.92 Å². The van der Waals surface area contributed by atoms with Crippen LogP contribution in [0.15, 0.2) is 11.6 Å². The van der Waals surface area contributed by atoms with Crippen LogP contribution in [0.1, 0.15) is 31.7 Å². The van der Waals surface area contributed by atoms with Crippen molar-refractivity contribution in [2.45, 2.75) is 39.2 Å². The number of nitrogens with zero attached hydrogens (tertiary/aromatic N) is 2. The largest absolute Gasteiger partial charge is 0.480 e. The Kier molecular flexibility index (Phi) is 5.77. The highest BCUT2D eigenvalue weighted by atomic mass is 32.1. The molecular formula is C12H18N2O3S. The Morgan fingerprint density at radius 1 is 1.56 bits per heavy atom. The van der Waals surface area contributed by atoms with Crippen LogP contribution in [0.4, 0.5) is 0 Å². The first kappa shape index (κ1) is 14.6. The minimum atomic E-state index is -0.974. The molecule has 0 bridgehead atoms. The van der Waals surface area contributed by atoms with Crippen molar-refractivity contribution in [3.63, 3.8) is 0 Å². The first-order valence-electron chi connectivity index (χ1n) is 5.94. The standard InChI is InChI=1S/C12H18N2O3S/c1-3-9(2)14(8-12(16)17)11(15)5-4-10-13-6-7-18-10/h6-7,9H,3-5,8H2,1-2H3,(H,16,17). The van der Waals surface area contributed by atoms with Crippen LogP contribution in [0.3, 0.4) is 0 Å². The molecule has 0 radical (unpaired) electrons. The molecule has 18 heavy (non-hydrogen) atoms. The van der Waals surface area contributed by atoms with Crippen molar-refractivity contribution in [3.05, 3.63) is 16.6 Å². The molecule has 0 saturated heterocycles. The number of rotatable bonds is 7.